The molecule has 0 spiro atoms. The second-order valence-electron chi connectivity index (χ2n) is 6.35. The molecule has 1 aliphatic heterocycles. The minimum Gasteiger partial charge on any atom is -0.493 e. The number of amides is 1. The summed E-state index contributed by atoms with van der Waals surface area (Å²) in [6, 6.07) is 8.15. The predicted molar refractivity (Wildman–Crippen MR) is 109 cm³/mol. The summed E-state index contributed by atoms with van der Waals surface area (Å²) < 4.78 is 37.5. The summed E-state index contributed by atoms with van der Waals surface area (Å²) in [5, 5.41) is 5.20. The average Bonchev–Trinajstić information content (AvgIpc) is 3.05. The number of hydrogen-bond donors (Lipinski definition) is 2. The summed E-state index contributed by atoms with van der Waals surface area (Å²) in [6.45, 7) is 0.0888. The van der Waals surface area contributed by atoms with Crippen LogP contribution < -0.4 is 20.1 Å². The van der Waals surface area contributed by atoms with Crippen LogP contribution in [-0.4, -0.2) is 36.5 Å². The van der Waals surface area contributed by atoms with Gasteiger partial charge in [0.05, 0.1) is 19.7 Å². The van der Waals surface area contributed by atoms with Crippen molar-refractivity contribution in [2.75, 3.05) is 13.7 Å². The molecule has 2 aromatic rings. The van der Waals surface area contributed by atoms with Crippen LogP contribution in [0.25, 0.3) is 0 Å². The standard InChI is InChI=1S/C19H21F2N3O3.2ClH/c1-26-17-7-13(10-23-18(25)15-8-19(20,21)12-24-15)4-5-16(17)27-11-14-3-2-6-22-9-14;;/h2-7,9,15,24H,8,10-12H2,1H3,(H,23,25);2*1H. The molecule has 0 saturated carbocycles. The van der Waals surface area contributed by atoms with E-state index in [4.69, 9.17) is 9.47 Å². The lowest BCUT2D eigenvalue weighted by Crippen LogP contribution is -2.40. The molecular weight excluding hydrogens is 427 g/mol. The molecule has 1 saturated heterocycles. The quantitative estimate of drug-likeness (QED) is 0.679. The Morgan fingerprint density at radius 3 is 2.69 bits per heavy atom. The summed E-state index contributed by atoms with van der Waals surface area (Å²) in [6.07, 6.45) is 2.93. The van der Waals surface area contributed by atoms with Gasteiger partial charge < -0.3 is 14.8 Å². The Bertz CT molecular complexity index is 798. The van der Waals surface area contributed by atoms with Crippen molar-refractivity contribution in [1.82, 2.24) is 15.6 Å². The second kappa shape index (κ2) is 11.1. The van der Waals surface area contributed by atoms with Crippen LogP contribution in [0.4, 0.5) is 8.78 Å². The number of carbonyl (C=O) groups excluding carboxylic acids is 1. The maximum atomic E-state index is 13.2. The van der Waals surface area contributed by atoms with Crippen LogP contribution in [0.5, 0.6) is 11.5 Å². The zero-order chi connectivity index (χ0) is 19.3. The van der Waals surface area contributed by atoms with E-state index in [1.165, 1.54) is 7.11 Å². The van der Waals surface area contributed by atoms with Gasteiger partial charge in [-0.25, -0.2) is 8.78 Å². The van der Waals surface area contributed by atoms with E-state index in [9.17, 15) is 13.6 Å². The number of rotatable bonds is 7. The van der Waals surface area contributed by atoms with E-state index < -0.39 is 30.8 Å². The van der Waals surface area contributed by atoms with Crippen LogP contribution >= 0.6 is 24.8 Å². The Kier molecular flexibility index (Phi) is 9.55. The molecular formula is C19H23Cl2F2N3O3. The fraction of sp³-hybridized carbons (Fsp3) is 0.368. The number of halogens is 4. The lowest BCUT2D eigenvalue weighted by molar-refractivity contribution is -0.123. The molecule has 1 unspecified atom stereocenters. The lowest BCUT2D eigenvalue weighted by Gasteiger charge is -2.14. The highest BCUT2D eigenvalue weighted by atomic mass is 35.5. The zero-order valence-corrected chi connectivity index (χ0v) is 17.3. The highest BCUT2D eigenvalue weighted by Crippen LogP contribution is 2.29. The van der Waals surface area contributed by atoms with Crippen molar-refractivity contribution >= 4 is 30.7 Å². The van der Waals surface area contributed by atoms with Crippen molar-refractivity contribution in [3.05, 3.63) is 53.9 Å². The normalized spacial score (nSPS) is 16.9. The minimum atomic E-state index is -2.83. The van der Waals surface area contributed by atoms with E-state index in [0.29, 0.717) is 18.1 Å². The number of ether oxygens (including phenoxy) is 2. The number of carbonyl (C=O) groups is 1. The molecule has 1 aromatic carbocycles. The van der Waals surface area contributed by atoms with Crippen molar-refractivity contribution in [1.29, 1.82) is 0 Å². The topological polar surface area (TPSA) is 72.5 Å². The van der Waals surface area contributed by atoms with Gasteiger partial charge in [0.15, 0.2) is 11.5 Å². The molecule has 3 rings (SSSR count). The van der Waals surface area contributed by atoms with E-state index in [1.807, 2.05) is 12.1 Å². The highest BCUT2D eigenvalue weighted by Gasteiger charge is 2.42. The van der Waals surface area contributed by atoms with Gasteiger partial charge in [-0.1, -0.05) is 12.1 Å². The van der Waals surface area contributed by atoms with Gasteiger partial charge in [0, 0.05) is 30.9 Å². The Balaban J connectivity index is 0.00000210. The second-order valence-corrected chi connectivity index (χ2v) is 6.35. The maximum absolute atomic E-state index is 13.2. The van der Waals surface area contributed by atoms with Gasteiger partial charge in [-0.2, -0.15) is 0 Å². The van der Waals surface area contributed by atoms with Gasteiger partial charge in [0.1, 0.15) is 6.61 Å². The number of benzene rings is 1. The first-order chi connectivity index (χ1) is 13.0. The molecule has 10 heteroatoms. The Morgan fingerprint density at radius 1 is 1.28 bits per heavy atom. The minimum absolute atomic E-state index is 0. The van der Waals surface area contributed by atoms with Crippen LogP contribution in [0.15, 0.2) is 42.7 Å². The molecule has 1 aromatic heterocycles. The third-order valence-corrected chi connectivity index (χ3v) is 4.24. The van der Waals surface area contributed by atoms with E-state index >= 15 is 0 Å². The molecule has 1 amide bonds. The average molecular weight is 450 g/mol. The van der Waals surface area contributed by atoms with Gasteiger partial charge in [0.2, 0.25) is 5.91 Å². The fourth-order valence-corrected chi connectivity index (χ4v) is 2.80. The third-order valence-electron chi connectivity index (χ3n) is 4.24. The van der Waals surface area contributed by atoms with E-state index in [2.05, 4.69) is 15.6 Å². The number of alkyl halides is 2. The van der Waals surface area contributed by atoms with Crippen LogP contribution in [0.2, 0.25) is 0 Å². The molecule has 1 aliphatic rings. The number of nitrogens with zero attached hydrogens (tertiary/aromatic N) is 1. The van der Waals surface area contributed by atoms with Crippen molar-refractivity contribution < 1.29 is 23.0 Å². The number of aromatic nitrogens is 1. The van der Waals surface area contributed by atoms with Gasteiger partial charge in [0.25, 0.3) is 5.92 Å². The number of methoxy groups -OCH3 is 1. The van der Waals surface area contributed by atoms with Gasteiger partial charge in [-0.3, -0.25) is 15.1 Å². The largest absolute Gasteiger partial charge is 0.493 e. The van der Waals surface area contributed by atoms with Crippen LogP contribution in [0.3, 0.4) is 0 Å². The first-order valence-corrected chi connectivity index (χ1v) is 8.54. The summed E-state index contributed by atoms with van der Waals surface area (Å²) in [5.41, 5.74) is 1.70. The van der Waals surface area contributed by atoms with Crippen molar-refractivity contribution in [3.8, 4) is 11.5 Å². The predicted octanol–water partition coefficient (Wildman–Crippen LogP) is 3.13. The molecule has 29 heavy (non-hydrogen) atoms. The monoisotopic (exact) mass is 449 g/mol. The lowest BCUT2D eigenvalue weighted by atomic mass is 10.1. The van der Waals surface area contributed by atoms with E-state index in [0.717, 1.165) is 11.1 Å². The molecule has 1 atom stereocenters. The molecule has 0 bridgehead atoms. The summed E-state index contributed by atoms with van der Waals surface area (Å²) >= 11 is 0. The van der Waals surface area contributed by atoms with Crippen molar-refractivity contribution in [2.45, 2.75) is 31.5 Å². The Labute approximate surface area is 180 Å². The van der Waals surface area contributed by atoms with Crippen molar-refractivity contribution in [3.63, 3.8) is 0 Å². The van der Waals surface area contributed by atoms with E-state index in [1.54, 1.807) is 30.6 Å². The van der Waals surface area contributed by atoms with Gasteiger partial charge in [-0.15, -0.1) is 24.8 Å². The Hall–Kier alpha value is -2.16. The molecule has 6 nitrogen and oxygen atoms in total. The molecule has 1 fully saturated rings. The van der Waals surface area contributed by atoms with Crippen LogP contribution in [-0.2, 0) is 17.9 Å². The summed E-state index contributed by atoms with van der Waals surface area (Å²) in [7, 11) is 1.53. The van der Waals surface area contributed by atoms with Crippen LogP contribution in [0, 0.1) is 0 Å². The molecule has 0 aliphatic carbocycles. The summed E-state index contributed by atoms with van der Waals surface area (Å²) in [5.74, 6) is -2.19. The van der Waals surface area contributed by atoms with Crippen molar-refractivity contribution in [2.24, 2.45) is 0 Å². The maximum Gasteiger partial charge on any atom is 0.262 e. The van der Waals surface area contributed by atoms with Crippen LogP contribution in [0.1, 0.15) is 17.5 Å². The summed E-state index contributed by atoms with van der Waals surface area (Å²) in [4.78, 5) is 16.1. The molecule has 160 valence electrons. The fourth-order valence-electron chi connectivity index (χ4n) is 2.80. The molecule has 0 radical (unpaired) electrons. The zero-order valence-electron chi connectivity index (χ0n) is 15.7. The first-order valence-electron chi connectivity index (χ1n) is 8.54. The smallest absolute Gasteiger partial charge is 0.262 e. The molecule has 2 heterocycles. The highest BCUT2D eigenvalue weighted by molar-refractivity contribution is 5.85. The van der Waals surface area contributed by atoms with E-state index in [-0.39, 0.29) is 31.4 Å². The number of hydrogen-bond acceptors (Lipinski definition) is 5. The van der Waals surface area contributed by atoms with Gasteiger partial charge in [-0.05, 0) is 23.8 Å². The molecule has 2 N–H and O–H groups in total. The Morgan fingerprint density at radius 2 is 2.07 bits per heavy atom. The first kappa shape index (κ1) is 24.9. The SMILES string of the molecule is COc1cc(CNC(=O)C2CC(F)(F)CN2)ccc1OCc1cccnc1.Cl.Cl. The number of pyridine rings is 1. The third kappa shape index (κ3) is 6.99. The number of nitrogens with one attached hydrogen (secondary N) is 2. The van der Waals surface area contributed by atoms with Gasteiger partial charge >= 0.3 is 0 Å².